The number of aliphatic hydroxyl groups is 1. The molecule has 25 heavy (non-hydrogen) atoms. The summed E-state index contributed by atoms with van der Waals surface area (Å²) < 4.78 is 15.1. The fourth-order valence-corrected chi connectivity index (χ4v) is 0.836. The van der Waals surface area contributed by atoms with Gasteiger partial charge in [0.1, 0.15) is 0 Å². The van der Waals surface area contributed by atoms with E-state index in [2.05, 4.69) is 4.89 Å². The lowest BCUT2D eigenvalue weighted by atomic mass is 10.4. The van der Waals surface area contributed by atoms with Crippen molar-refractivity contribution in [2.75, 3.05) is 46.8 Å². The van der Waals surface area contributed by atoms with E-state index in [0.717, 1.165) is 0 Å². The van der Waals surface area contributed by atoms with Gasteiger partial charge in [-0.2, -0.15) is 4.89 Å². The van der Waals surface area contributed by atoms with E-state index in [1.54, 1.807) is 7.11 Å². The molecule has 166 valence electrons. The van der Waals surface area contributed by atoms with Crippen LogP contribution in [0.15, 0.2) is 0 Å². The molecule has 0 aliphatic rings. The van der Waals surface area contributed by atoms with Crippen LogP contribution < -0.4 is 0 Å². The second-order valence-electron chi connectivity index (χ2n) is 2.79. The minimum Gasteiger partial charge on any atom is -0.394 e. The van der Waals surface area contributed by atoms with Gasteiger partial charge in [-0.3, -0.25) is 4.89 Å². The van der Waals surface area contributed by atoms with Gasteiger partial charge in [0.25, 0.3) is 0 Å². The molecule has 0 amide bonds. The summed E-state index contributed by atoms with van der Waals surface area (Å²) in [5.41, 5.74) is 0. The van der Waals surface area contributed by atoms with Crippen LogP contribution in [-0.2, 0) is 24.0 Å². The molecular formula is C19H54O6. The highest BCUT2D eigenvalue weighted by Crippen LogP contribution is 1.96. The summed E-state index contributed by atoms with van der Waals surface area (Å²) in [6, 6.07) is 0. The fraction of sp³-hybridized carbons (Fsp3) is 0.895. The third-order valence-electron chi connectivity index (χ3n) is 1.51. The van der Waals surface area contributed by atoms with Gasteiger partial charge in [-0.15, -0.1) is 0 Å². The van der Waals surface area contributed by atoms with E-state index in [-0.39, 0.29) is 93.3 Å². The molecule has 1 N–H and O–H groups in total. The maximum atomic E-state index is 8.52. The van der Waals surface area contributed by atoms with Crippen molar-refractivity contribution in [2.45, 2.75) is 72.9 Å². The molecule has 0 bridgehead atoms. The highest BCUT2D eigenvalue weighted by molar-refractivity contribution is 4.65. The number of terminal acetylenes is 1. The summed E-state index contributed by atoms with van der Waals surface area (Å²) in [5.74, 6) is 0. The Bertz CT molecular complexity index is 183. The van der Waals surface area contributed by atoms with Crippen LogP contribution in [0.5, 0.6) is 0 Å². The Morgan fingerprint density at radius 3 is 1.60 bits per heavy atom. The number of hydrogen-bond acceptors (Lipinski definition) is 6. The van der Waals surface area contributed by atoms with Crippen molar-refractivity contribution in [2.24, 2.45) is 0 Å². The van der Waals surface area contributed by atoms with Crippen molar-refractivity contribution >= 4 is 0 Å². The average molecular weight is 379 g/mol. The largest absolute Gasteiger partial charge is 0.394 e. The standard InChI is InChI=1S/C10H18O6.9CH4/c1-3-15-16-10(8-13-5-4-11)9-14-7-6-12-2;;;;;;;;;/h1,10-11H,4-9H2,2H3;9*1H4. The van der Waals surface area contributed by atoms with Crippen LogP contribution in [0.1, 0.15) is 66.8 Å². The van der Waals surface area contributed by atoms with Crippen molar-refractivity contribution in [1.29, 1.82) is 0 Å². The first-order valence-corrected chi connectivity index (χ1v) is 4.88. The normalized spacial score (nSPS) is 7.72. The molecule has 0 aromatic rings. The zero-order valence-corrected chi connectivity index (χ0v) is 9.39. The molecule has 0 aromatic carbocycles. The molecule has 0 saturated carbocycles. The molecule has 0 spiro atoms. The monoisotopic (exact) mass is 378 g/mol. The van der Waals surface area contributed by atoms with Crippen LogP contribution in [0.4, 0.5) is 0 Å². The molecule has 0 aliphatic carbocycles. The van der Waals surface area contributed by atoms with Crippen molar-refractivity contribution < 1.29 is 29.1 Å². The van der Waals surface area contributed by atoms with Gasteiger partial charge >= 0.3 is 0 Å². The average Bonchev–Trinajstić information content (AvgIpc) is 2.31. The fourth-order valence-electron chi connectivity index (χ4n) is 0.836. The van der Waals surface area contributed by atoms with Gasteiger partial charge in [0.15, 0.2) is 12.2 Å². The molecule has 0 aromatic heterocycles. The minimum absolute atomic E-state index is 0. The Kier molecular flexibility index (Phi) is 147. The zero-order valence-electron chi connectivity index (χ0n) is 9.39. The molecule has 6 heteroatoms. The molecular weight excluding hydrogens is 324 g/mol. The van der Waals surface area contributed by atoms with Crippen LogP contribution in [-0.4, -0.2) is 58.0 Å². The lowest BCUT2D eigenvalue weighted by Crippen LogP contribution is -2.26. The van der Waals surface area contributed by atoms with E-state index in [4.69, 9.17) is 30.6 Å². The number of rotatable bonds is 11. The van der Waals surface area contributed by atoms with Gasteiger partial charge < -0.3 is 19.3 Å². The summed E-state index contributed by atoms with van der Waals surface area (Å²) in [4.78, 5) is 9.17. The summed E-state index contributed by atoms with van der Waals surface area (Å²) >= 11 is 0. The molecule has 6 nitrogen and oxygen atoms in total. The first kappa shape index (κ1) is 64.6. The minimum atomic E-state index is -0.431. The lowest BCUT2D eigenvalue weighted by molar-refractivity contribution is -0.290. The van der Waals surface area contributed by atoms with E-state index in [0.29, 0.717) is 13.2 Å². The van der Waals surface area contributed by atoms with Crippen LogP contribution in [0.3, 0.4) is 0 Å². The lowest BCUT2D eigenvalue weighted by Gasteiger charge is -2.14. The summed E-state index contributed by atoms with van der Waals surface area (Å²) in [5, 5.41) is 8.52. The SMILES string of the molecule is C.C.C.C.C.C.C.C.C.C#COOC(COCCO)COCCOC. The van der Waals surface area contributed by atoms with Crippen molar-refractivity contribution in [3.8, 4) is 12.5 Å². The van der Waals surface area contributed by atoms with Gasteiger partial charge in [0, 0.05) is 7.11 Å². The van der Waals surface area contributed by atoms with Crippen molar-refractivity contribution in [3.63, 3.8) is 0 Å². The molecule has 0 saturated heterocycles. The first-order chi connectivity index (χ1) is 7.85. The second kappa shape index (κ2) is 56.7. The number of methoxy groups -OCH3 is 1. The molecule has 0 fully saturated rings. The predicted octanol–water partition coefficient (Wildman–Crippen LogP) is 5.29. The molecule has 0 radical (unpaired) electrons. The Balaban J connectivity index is -0.0000000312. The topological polar surface area (TPSA) is 66.4 Å². The van der Waals surface area contributed by atoms with Crippen LogP contribution in [0.25, 0.3) is 0 Å². The molecule has 0 rings (SSSR count). The van der Waals surface area contributed by atoms with Crippen LogP contribution in [0, 0.1) is 12.5 Å². The summed E-state index contributed by atoms with van der Waals surface area (Å²) in [6.45, 7) is 1.64. The molecule has 0 aliphatic heterocycles. The molecule has 1 unspecified atom stereocenters. The Labute approximate surface area is 162 Å². The van der Waals surface area contributed by atoms with Crippen LogP contribution >= 0.6 is 0 Å². The summed E-state index contributed by atoms with van der Waals surface area (Å²) in [6.07, 6.45) is 6.32. The van der Waals surface area contributed by atoms with Crippen molar-refractivity contribution in [1.82, 2.24) is 0 Å². The Hall–Kier alpha value is -0.840. The predicted molar refractivity (Wildman–Crippen MR) is 116 cm³/mol. The van der Waals surface area contributed by atoms with Gasteiger partial charge in [-0.25, -0.2) is 0 Å². The maximum absolute atomic E-state index is 8.52. The zero-order chi connectivity index (χ0) is 12.1. The second-order valence-corrected chi connectivity index (χ2v) is 2.79. The molecule has 1 atom stereocenters. The van der Waals surface area contributed by atoms with E-state index in [9.17, 15) is 0 Å². The van der Waals surface area contributed by atoms with E-state index in [1.165, 1.54) is 0 Å². The number of ether oxygens (including phenoxy) is 3. The summed E-state index contributed by atoms with van der Waals surface area (Å²) in [7, 11) is 1.59. The Morgan fingerprint density at radius 1 is 0.800 bits per heavy atom. The van der Waals surface area contributed by atoms with Gasteiger partial charge in [0.05, 0.1) is 39.6 Å². The van der Waals surface area contributed by atoms with Gasteiger partial charge in [0.2, 0.25) is 0 Å². The highest BCUT2D eigenvalue weighted by Gasteiger charge is 2.11. The smallest absolute Gasteiger partial charge is 0.153 e. The Morgan fingerprint density at radius 2 is 1.24 bits per heavy atom. The third kappa shape index (κ3) is 51.7. The van der Waals surface area contributed by atoms with E-state index in [1.807, 2.05) is 6.11 Å². The maximum Gasteiger partial charge on any atom is 0.153 e. The van der Waals surface area contributed by atoms with Gasteiger partial charge in [-0.1, -0.05) is 73.3 Å². The molecule has 0 heterocycles. The third-order valence-corrected chi connectivity index (χ3v) is 1.51. The van der Waals surface area contributed by atoms with Gasteiger partial charge in [-0.05, 0) is 0 Å². The van der Waals surface area contributed by atoms with Crippen LogP contribution in [0.2, 0.25) is 0 Å². The quantitative estimate of drug-likeness (QED) is 0.228. The van der Waals surface area contributed by atoms with E-state index >= 15 is 0 Å². The number of hydrogen-bond donors (Lipinski definition) is 1. The van der Waals surface area contributed by atoms with E-state index < -0.39 is 6.10 Å². The van der Waals surface area contributed by atoms with Crippen molar-refractivity contribution in [3.05, 3.63) is 0 Å². The first-order valence-electron chi connectivity index (χ1n) is 4.88. The highest BCUT2D eigenvalue weighted by atomic mass is 17.2. The number of aliphatic hydroxyl groups excluding tert-OH is 1.